The summed E-state index contributed by atoms with van der Waals surface area (Å²) in [4.78, 5) is 4.39. The summed E-state index contributed by atoms with van der Waals surface area (Å²) in [6.07, 6.45) is 1.78. The highest BCUT2D eigenvalue weighted by atomic mass is 79.9. The summed E-state index contributed by atoms with van der Waals surface area (Å²) in [5.74, 6) is 1.42. The summed E-state index contributed by atoms with van der Waals surface area (Å²) in [5.41, 5.74) is 2.00. The van der Waals surface area contributed by atoms with Crippen LogP contribution >= 0.6 is 15.9 Å². The van der Waals surface area contributed by atoms with Crippen LogP contribution in [0.15, 0.2) is 81.8 Å². The van der Waals surface area contributed by atoms with Crippen molar-refractivity contribution in [2.24, 2.45) is 0 Å². The summed E-state index contributed by atoms with van der Waals surface area (Å²) in [7, 11) is 0. The van der Waals surface area contributed by atoms with Gasteiger partial charge in [-0.05, 0) is 41.1 Å². The molecule has 0 aliphatic carbocycles. The molecule has 22 heavy (non-hydrogen) atoms. The maximum Gasteiger partial charge on any atom is 0.226 e. The molecular formula is C19H12BrNO. The van der Waals surface area contributed by atoms with Crippen molar-refractivity contribution in [3.63, 3.8) is 0 Å². The molecule has 1 heterocycles. The van der Waals surface area contributed by atoms with Crippen LogP contribution in [0.1, 0.15) is 0 Å². The van der Waals surface area contributed by atoms with Gasteiger partial charge in [-0.15, -0.1) is 0 Å². The molecule has 0 saturated carbocycles. The quantitative estimate of drug-likeness (QED) is 0.448. The lowest BCUT2D eigenvalue weighted by molar-refractivity contribution is 0.589. The number of hydrogen-bond acceptors (Lipinski definition) is 2. The monoisotopic (exact) mass is 349 g/mol. The zero-order valence-corrected chi connectivity index (χ0v) is 13.2. The molecule has 3 aromatic carbocycles. The number of halogens is 1. The first kappa shape index (κ1) is 13.3. The first-order valence-electron chi connectivity index (χ1n) is 7.00. The third-order valence-electron chi connectivity index (χ3n) is 3.63. The van der Waals surface area contributed by atoms with Gasteiger partial charge in [-0.2, -0.15) is 0 Å². The predicted molar refractivity (Wildman–Crippen MR) is 92.6 cm³/mol. The van der Waals surface area contributed by atoms with Crippen LogP contribution in [0.5, 0.6) is 0 Å². The topological polar surface area (TPSA) is 26.0 Å². The molecule has 0 atom stereocenters. The Bertz CT molecular complexity index is 941. The largest absolute Gasteiger partial charge is 0.436 e. The Morgan fingerprint density at radius 1 is 0.773 bits per heavy atom. The average molecular weight is 350 g/mol. The van der Waals surface area contributed by atoms with Crippen molar-refractivity contribution in [3.05, 3.63) is 77.4 Å². The fourth-order valence-electron chi connectivity index (χ4n) is 2.48. The lowest BCUT2D eigenvalue weighted by Crippen LogP contribution is -1.76. The number of oxazole rings is 1. The van der Waals surface area contributed by atoms with E-state index >= 15 is 0 Å². The van der Waals surface area contributed by atoms with E-state index in [4.69, 9.17) is 4.42 Å². The number of benzene rings is 3. The normalized spacial score (nSPS) is 11.0. The van der Waals surface area contributed by atoms with Gasteiger partial charge in [-0.25, -0.2) is 4.98 Å². The van der Waals surface area contributed by atoms with Gasteiger partial charge in [0.1, 0.15) is 0 Å². The molecule has 0 fully saturated rings. The average Bonchev–Trinajstić information content (AvgIpc) is 3.05. The zero-order valence-electron chi connectivity index (χ0n) is 11.7. The Morgan fingerprint density at radius 3 is 2.32 bits per heavy atom. The van der Waals surface area contributed by atoms with Gasteiger partial charge in [0.2, 0.25) is 5.89 Å². The van der Waals surface area contributed by atoms with Crippen molar-refractivity contribution >= 4 is 26.7 Å². The lowest BCUT2D eigenvalue weighted by atomic mass is 10.1. The number of aromatic nitrogens is 1. The van der Waals surface area contributed by atoms with Crippen molar-refractivity contribution in [1.82, 2.24) is 4.98 Å². The van der Waals surface area contributed by atoms with Crippen molar-refractivity contribution in [2.75, 3.05) is 0 Å². The van der Waals surface area contributed by atoms with Gasteiger partial charge in [0.05, 0.1) is 6.20 Å². The molecule has 1 aromatic heterocycles. The van der Waals surface area contributed by atoms with E-state index in [1.165, 1.54) is 10.8 Å². The first-order valence-corrected chi connectivity index (χ1v) is 7.80. The Morgan fingerprint density at radius 2 is 1.50 bits per heavy atom. The van der Waals surface area contributed by atoms with Crippen molar-refractivity contribution in [1.29, 1.82) is 0 Å². The van der Waals surface area contributed by atoms with Crippen LogP contribution in [-0.2, 0) is 0 Å². The smallest absolute Gasteiger partial charge is 0.226 e. The zero-order chi connectivity index (χ0) is 14.9. The molecule has 0 N–H and O–H groups in total. The Kier molecular flexibility index (Phi) is 3.28. The van der Waals surface area contributed by atoms with E-state index < -0.39 is 0 Å². The van der Waals surface area contributed by atoms with Crippen LogP contribution in [0.25, 0.3) is 33.6 Å². The van der Waals surface area contributed by atoms with Crippen molar-refractivity contribution < 1.29 is 4.42 Å². The molecule has 0 saturated heterocycles. The highest BCUT2D eigenvalue weighted by Gasteiger charge is 2.09. The molecule has 4 aromatic rings. The Balaban J connectivity index is 1.74. The molecule has 0 amide bonds. The lowest BCUT2D eigenvalue weighted by Gasteiger charge is -2.00. The Hall–Kier alpha value is -2.39. The summed E-state index contributed by atoms with van der Waals surface area (Å²) < 4.78 is 6.96. The van der Waals surface area contributed by atoms with E-state index in [1.807, 2.05) is 36.4 Å². The molecule has 106 valence electrons. The number of fused-ring (bicyclic) bond motifs is 1. The maximum atomic E-state index is 5.92. The molecule has 3 heteroatoms. The number of nitrogens with zero attached hydrogens (tertiary/aromatic N) is 1. The van der Waals surface area contributed by atoms with Gasteiger partial charge in [-0.3, -0.25) is 0 Å². The molecule has 2 nitrogen and oxygen atoms in total. The first-order chi connectivity index (χ1) is 10.8. The Labute approximate surface area is 136 Å². The minimum atomic E-state index is 0.635. The minimum Gasteiger partial charge on any atom is -0.436 e. The third kappa shape index (κ3) is 2.44. The predicted octanol–water partition coefficient (Wildman–Crippen LogP) is 5.92. The second-order valence-electron chi connectivity index (χ2n) is 5.10. The second-order valence-corrected chi connectivity index (χ2v) is 6.01. The van der Waals surface area contributed by atoms with Gasteiger partial charge in [0.25, 0.3) is 0 Å². The van der Waals surface area contributed by atoms with Gasteiger partial charge >= 0.3 is 0 Å². The fourth-order valence-corrected chi connectivity index (χ4v) is 2.74. The summed E-state index contributed by atoms with van der Waals surface area (Å²) in [6.45, 7) is 0. The van der Waals surface area contributed by atoms with Crippen LogP contribution in [0.2, 0.25) is 0 Å². The molecule has 0 radical (unpaired) electrons. The highest BCUT2D eigenvalue weighted by molar-refractivity contribution is 9.10. The van der Waals surface area contributed by atoms with Gasteiger partial charge in [-0.1, -0.05) is 52.3 Å². The summed E-state index contributed by atoms with van der Waals surface area (Å²) in [5, 5.41) is 2.42. The molecule has 0 aliphatic rings. The van der Waals surface area contributed by atoms with Crippen molar-refractivity contribution in [3.8, 4) is 22.8 Å². The summed E-state index contributed by atoms with van der Waals surface area (Å²) in [6, 6.07) is 22.5. The van der Waals surface area contributed by atoms with Gasteiger partial charge in [0.15, 0.2) is 5.76 Å². The van der Waals surface area contributed by atoms with Crippen LogP contribution in [0, 0.1) is 0 Å². The fraction of sp³-hybridized carbons (Fsp3) is 0. The van der Waals surface area contributed by atoms with E-state index in [2.05, 4.69) is 51.2 Å². The molecule has 0 unspecified atom stereocenters. The number of hydrogen-bond donors (Lipinski definition) is 0. The van der Waals surface area contributed by atoms with Gasteiger partial charge < -0.3 is 4.42 Å². The molecule has 0 spiro atoms. The standard InChI is InChI=1S/C19H12BrNO/c20-17-9-7-14(8-10-17)19-21-12-18(22-19)16-6-5-13-3-1-2-4-15(13)11-16/h1-12H. The highest BCUT2D eigenvalue weighted by Crippen LogP contribution is 2.28. The van der Waals surface area contributed by atoms with E-state index in [-0.39, 0.29) is 0 Å². The van der Waals surface area contributed by atoms with Crippen LogP contribution in [0.3, 0.4) is 0 Å². The van der Waals surface area contributed by atoms with E-state index in [1.54, 1.807) is 6.20 Å². The summed E-state index contributed by atoms with van der Waals surface area (Å²) >= 11 is 3.43. The molecular weight excluding hydrogens is 338 g/mol. The van der Waals surface area contributed by atoms with Crippen molar-refractivity contribution in [2.45, 2.75) is 0 Å². The number of rotatable bonds is 2. The molecule has 0 aliphatic heterocycles. The molecule has 0 bridgehead atoms. The second kappa shape index (κ2) is 5.43. The third-order valence-corrected chi connectivity index (χ3v) is 4.16. The minimum absolute atomic E-state index is 0.635. The van der Waals surface area contributed by atoms with E-state index in [0.29, 0.717) is 5.89 Å². The molecule has 4 rings (SSSR count). The van der Waals surface area contributed by atoms with E-state index in [9.17, 15) is 0 Å². The van der Waals surface area contributed by atoms with Gasteiger partial charge in [0, 0.05) is 15.6 Å². The van der Waals surface area contributed by atoms with Crippen LogP contribution in [0.4, 0.5) is 0 Å². The van der Waals surface area contributed by atoms with Crippen LogP contribution < -0.4 is 0 Å². The van der Waals surface area contributed by atoms with Crippen LogP contribution in [-0.4, -0.2) is 4.98 Å². The maximum absolute atomic E-state index is 5.92. The SMILES string of the molecule is Brc1ccc(-c2ncc(-c3ccc4ccccc4c3)o2)cc1. The van der Waals surface area contributed by atoms with E-state index in [0.717, 1.165) is 21.4 Å².